The van der Waals surface area contributed by atoms with Gasteiger partial charge in [-0.25, -0.2) is 0 Å². The third kappa shape index (κ3) is 3.23. The zero-order valence-corrected chi connectivity index (χ0v) is 13.9. The van der Waals surface area contributed by atoms with E-state index in [1.54, 1.807) is 0 Å². The lowest BCUT2D eigenvalue weighted by Gasteiger charge is -2.24. The number of benzene rings is 1. The molecule has 0 fully saturated rings. The standard InChI is InChI=1S/C18H23N3O2/c1-12-13(2)20-21(14(12)3)9-8-19-18(22)16-10-15-6-4-5-7-17(15)23-11-16/h4-7,16H,8-11H2,1-3H3,(H,19,22)/t16-/m1/s1. The van der Waals surface area contributed by atoms with Crippen LogP contribution >= 0.6 is 0 Å². The fourth-order valence-electron chi connectivity index (χ4n) is 2.93. The Bertz CT molecular complexity index is 721. The van der Waals surface area contributed by atoms with Crippen LogP contribution in [0.1, 0.15) is 22.5 Å². The highest BCUT2D eigenvalue weighted by atomic mass is 16.5. The molecule has 1 aliphatic heterocycles. The number of hydrogen-bond donors (Lipinski definition) is 1. The van der Waals surface area contributed by atoms with Gasteiger partial charge in [0.25, 0.3) is 0 Å². The second kappa shape index (κ2) is 6.44. The summed E-state index contributed by atoms with van der Waals surface area (Å²) in [5, 5.41) is 7.50. The molecule has 0 saturated heterocycles. The van der Waals surface area contributed by atoms with Crippen molar-refractivity contribution < 1.29 is 9.53 Å². The predicted molar refractivity (Wildman–Crippen MR) is 88.6 cm³/mol. The van der Waals surface area contributed by atoms with Crippen LogP contribution < -0.4 is 10.1 Å². The van der Waals surface area contributed by atoms with Crippen molar-refractivity contribution in [3.63, 3.8) is 0 Å². The summed E-state index contributed by atoms with van der Waals surface area (Å²) in [4.78, 5) is 12.3. The molecule has 2 heterocycles. The van der Waals surface area contributed by atoms with Crippen LogP contribution in [-0.2, 0) is 17.8 Å². The van der Waals surface area contributed by atoms with Crippen molar-refractivity contribution in [3.8, 4) is 5.75 Å². The third-order valence-corrected chi connectivity index (χ3v) is 4.62. The van der Waals surface area contributed by atoms with Gasteiger partial charge in [0.2, 0.25) is 5.91 Å². The number of rotatable bonds is 4. The molecule has 5 nitrogen and oxygen atoms in total. The lowest BCUT2D eigenvalue weighted by Crippen LogP contribution is -2.38. The first-order valence-electron chi connectivity index (χ1n) is 8.05. The zero-order chi connectivity index (χ0) is 16.4. The van der Waals surface area contributed by atoms with Crippen molar-refractivity contribution in [1.29, 1.82) is 0 Å². The van der Waals surface area contributed by atoms with Gasteiger partial charge in [-0.05, 0) is 44.4 Å². The average Bonchev–Trinajstić information content (AvgIpc) is 2.81. The van der Waals surface area contributed by atoms with Crippen molar-refractivity contribution in [2.24, 2.45) is 5.92 Å². The van der Waals surface area contributed by atoms with Crippen molar-refractivity contribution in [2.75, 3.05) is 13.2 Å². The lowest BCUT2D eigenvalue weighted by atomic mass is 9.96. The number of fused-ring (bicyclic) bond motifs is 1. The van der Waals surface area contributed by atoms with E-state index in [9.17, 15) is 4.79 Å². The number of hydrogen-bond acceptors (Lipinski definition) is 3. The van der Waals surface area contributed by atoms with Gasteiger partial charge in [-0.15, -0.1) is 0 Å². The van der Waals surface area contributed by atoms with Crippen LogP contribution in [0.4, 0.5) is 0 Å². The van der Waals surface area contributed by atoms with Crippen molar-refractivity contribution in [1.82, 2.24) is 15.1 Å². The quantitative estimate of drug-likeness (QED) is 0.941. The van der Waals surface area contributed by atoms with Crippen molar-refractivity contribution in [3.05, 3.63) is 46.8 Å². The number of para-hydroxylation sites is 1. The second-order valence-electron chi connectivity index (χ2n) is 6.13. The monoisotopic (exact) mass is 313 g/mol. The minimum absolute atomic E-state index is 0.0535. The molecule has 0 unspecified atom stereocenters. The molecule has 1 N–H and O–H groups in total. The number of nitrogens with one attached hydrogen (secondary N) is 1. The van der Waals surface area contributed by atoms with Crippen LogP contribution in [0, 0.1) is 26.7 Å². The summed E-state index contributed by atoms with van der Waals surface area (Å²) in [6.45, 7) is 7.86. The van der Waals surface area contributed by atoms with E-state index in [1.165, 1.54) is 5.56 Å². The molecule has 0 aliphatic carbocycles. The summed E-state index contributed by atoms with van der Waals surface area (Å²) < 4.78 is 7.64. The van der Waals surface area contributed by atoms with E-state index in [-0.39, 0.29) is 11.8 Å². The normalized spacial score (nSPS) is 16.6. The van der Waals surface area contributed by atoms with Gasteiger partial charge in [0.15, 0.2) is 0 Å². The molecule has 1 aromatic heterocycles. The van der Waals surface area contributed by atoms with E-state index in [0.717, 1.165) is 29.1 Å². The number of carbonyl (C=O) groups is 1. The molecular weight excluding hydrogens is 290 g/mol. The van der Waals surface area contributed by atoms with Gasteiger partial charge < -0.3 is 10.1 Å². The maximum Gasteiger partial charge on any atom is 0.226 e. The molecule has 0 bridgehead atoms. The SMILES string of the molecule is Cc1nn(CCNC(=O)[C@H]2COc3ccccc3C2)c(C)c1C. The molecule has 1 aromatic carbocycles. The zero-order valence-electron chi connectivity index (χ0n) is 13.9. The van der Waals surface area contributed by atoms with E-state index < -0.39 is 0 Å². The molecule has 5 heteroatoms. The van der Waals surface area contributed by atoms with Crippen LogP contribution in [0.15, 0.2) is 24.3 Å². The van der Waals surface area contributed by atoms with Gasteiger partial charge in [0.05, 0.1) is 18.2 Å². The Morgan fingerprint density at radius 3 is 2.87 bits per heavy atom. The number of aromatic nitrogens is 2. The fourth-order valence-corrected chi connectivity index (χ4v) is 2.93. The van der Waals surface area contributed by atoms with Gasteiger partial charge in [-0.3, -0.25) is 9.48 Å². The van der Waals surface area contributed by atoms with Crippen LogP contribution in [-0.4, -0.2) is 28.8 Å². The Kier molecular flexibility index (Phi) is 4.37. The lowest BCUT2D eigenvalue weighted by molar-refractivity contribution is -0.126. The Morgan fingerprint density at radius 1 is 1.35 bits per heavy atom. The molecule has 0 spiro atoms. The number of carbonyl (C=O) groups excluding carboxylic acids is 1. The fraction of sp³-hybridized carbons (Fsp3) is 0.444. The van der Waals surface area contributed by atoms with Gasteiger partial charge >= 0.3 is 0 Å². The van der Waals surface area contributed by atoms with E-state index >= 15 is 0 Å². The van der Waals surface area contributed by atoms with Gasteiger partial charge in [-0.1, -0.05) is 18.2 Å². The highest BCUT2D eigenvalue weighted by Gasteiger charge is 2.25. The second-order valence-corrected chi connectivity index (χ2v) is 6.13. The first-order valence-corrected chi connectivity index (χ1v) is 8.05. The molecule has 1 amide bonds. The Labute approximate surface area is 136 Å². The smallest absolute Gasteiger partial charge is 0.226 e. The summed E-state index contributed by atoms with van der Waals surface area (Å²) in [6.07, 6.45) is 0.737. The summed E-state index contributed by atoms with van der Waals surface area (Å²) >= 11 is 0. The molecule has 0 saturated carbocycles. The molecule has 2 aromatic rings. The van der Waals surface area contributed by atoms with Crippen molar-refractivity contribution in [2.45, 2.75) is 33.7 Å². The first-order chi connectivity index (χ1) is 11.1. The molecule has 0 radical (unpaired) electrons. The molecule has 122 valence electrons. The van der Waals surface area contributed by atoms with Crippen LogP contribution in [0.5, 0.6) is 5.75 Å². The maximum atomic E-state index is 12.3. The third-order valence-electron chi connectivity index (χ3n) is 4.62. The molecule has 1 aliphatic rings. The molecule has 1 atom stereocenters. The maximum absolute atomic E-state index is 12.3. The van der Waals surface area contributed by atoms with Crippen molar-refractivity contribution >= 4 is 5.91 Å². The highest BCUT2D eigenvalue weighted by molar-refractivity contribution is 5.79. The van der Waals surface area contributed by atoms with Crippen LogP contribution in [0.2, 0.25) is 0 Å². The van der Waals surface area contributed by atoms with E-state index in [0.29, 0.717) is 19.7 Å². The Morgan fingerprint density at radius 2 is 2.13 bits per heavy atom. The van der Waals surface area contributed by atoms with Gasteiger partial charge in [0.1, 0.15) is 12.4 Å². The number of nitrogens with zero attached hydrogens (tertiary/aromatic N) is 2. The molecule has 23 heavy (non-hydrogen) atoms. The van der Waals surface area contributed by atoms with Gasteiger partial charge in [0, 0.05) is 12.2 Å². The van der Waals surface area contributed by atoms with Gasteiger partial charge in [-0.2, -0.15) is 5.10 Å². The van der Waals surface area contributed by atoms with E-state index in [1.807, 2.05) is 35.9 Å². The minimum atomic E-state index is -0.118. The summed E-state index contributed by atoms with van der Waals surface area (Å²) in [5.41, 5.74) is 4.53. The van der Waals surface area contributed by atoms with E-state index in [4.69, 9.17) is 4.74 Å². The largest absolute Gasteiger partial charge is 0.492 e. The Balaban J connectivity index is 1.53. The minimum Gasteiger partial charge on any atom is -0.492 e. The van der Waals surface area contributed by atoms with Crippen LogP contribution in [0.3, 0.4) is 0 Å². The summed E-state index contributed by atoms with van der Waals surface area (Å²) in [7, 11) is 0. The highest BCUT2D eigenvalue weighted by Crippen LogP contribution is 2.26. The topological polar surface area (TPSA) is 56.2 Å². The van der Waals surface area contributed by atoms with E-state index in [2.05, 4.69) is 24.3 Å². The summed E-state index contributed by atoms with van der Waals surface area (Å²) in [6, 6.07) is 7.91. The summed E-state index contributed by atoms with van der Waals surface area (Å²) in [5.74, 6) is 0.833. The average molecular weight is 313 g/mol. The molecular formula is C18H23N3O2. The number of amides is 1. The first kappa shape index (κ1) is 15.6. The predicted octanol–water partition coefficient (Wildman–Crippen LogP) is 2.18. The van der Waals surface area contributed by atoms with Crippen LogP contribution in [0.25, 0.3) is 0 Å². The number of ether oxygens (including phenoxy) is 1. The number of aryl methyl sites for hydroxylation is 1. The Hall–Kier alpha value is -2.30. The molecule has 3 rings (SSSR count).